The fourth-order valence-corrected chi connectivity index (χ4v) is 9.71. The average Bonchev–Trinajstić information content (AvgIpc) is 3.17. The Morgan fingerprint density at radius 3 is 2.61 bits per heavy atom. The highest BCUT2D eigenvalue weighted by molar-refractivity contribution is 5.95. The van der Waals surface area contributed by atoms with Gasteiger partial charge < -0.3 is 15.2 Å². The van der Waals surface area contributed by atoms with Crippen LogP contribution in [0.3, 0.4) is 0 Å². The Kier molecular flexibility index (Phi) is 7.08. The van der Waals surface area contributed by atoms with Crippen molar-refractivity contribution < 1.29 is 14.6 Å². The molecule has 0 aliphatic heterocycles. The molecule has 2 N–H and O–H groups in total. The van der Waals surface area contributed by atoms with Crippen LogP contribution in [0.15, 0.2) is 6.07 Å². The highest BCUT2D eigenvalue weighted by Gasteiger charge is 2.63. The van der Waals surface area contributed by atoms with Crippen LogP contribution >= 0.6 is 0 Å². The second-order valence-corrected chi connectivity index (χ2v) is 13.1. The number of hydrogen-bond donors (Lipinski definition) is 2. The molecule has 6 nitrogen and oxygen atoms in total. The number of anilines is 1. The first kappa shape index (κ1) is 26.2. The molecular weight excluding hydrogens is 450 g/mol. The Balaban J connectivity index is 1.35. The molecular formula is C30H49N3O3. The minimum Gasteiger partial charge on any atom is -0.387 e. The Hall–Kier alpha value is -1.40. The van der Waals surface area contributed by atoms with E-state index < -0.39 is 5.60 Å². The molecule has 0 bridgehead atoms. The van der Waals surface area contributed by atoms with Gasteiger partial charge >= 0.3 is 0 Å². The summed E-state index contributed by atoms with van der Waals surface area (Å²) in [6.45, 7) is 9.90. The van der Waals surface area contributed by atoms with Gasteiger partial charge in [0, 0.05) is 25.4 Å². The number of nitrogens with zero attached hydrogens (tertiary/aromatic N) is 2. The second kappa shape index (κ2) is 9.72. The van der Waals surface area contributed by atoms with Gasteiger partial charge in [0.05, 0.1) is 17.6 Å². The normalized spacial score (nSPS) is 42.2. The van der Waals surface area contributed by atoms with Crippen molar-refractivity contribution in [3.05, 3.63) is 11.8 Å². The zero-order valence-corrected chi connectivity index (χ0v) is 23.3. The Morgan fingerprint density at radius 2 is 1.92 bits per heavy atom. The van der Waals surface area contributed by atoms with E-state index in [9.17, 15) is 9.90 Å². The molecule has 0 aromatic carbocycles. The van der Waals surface area contributed by atoms with E-state index in [2.05, 4.69) is 24.3 Å². The summed E-state index contributed by atoms with van der Waals surface area (Å²) in [6.07, 6.45) is 12.1. The fourth-order valence-electron chi connectivity index (χ4n) is 9.71. The van der Waals surface area contributed by atoms with Gasteiger partial charge in [-0.25, -0.2) is 0 Å². The SMILES string of the molecule is CCOC[C@@]1(O)CC[C@H]2[C@H](CC[C@H]3[C@H]2CC[C@@]2(C)[C@H]3CCCC2(CC)C(=O)Nc2cc(C)n(C)n2)C1. The number of aryl methyl sites for hydroxylation is 2. The largest absolute Gasteiger partial charge is 0.387 e. The van der Waals surface area contributed by atoms with Crippen LogP contribution in [0.25, 0.3) is 0 Å². The summed E-state index contributed by atoms with van der Waals surface area (Å²) in [5.41, 5.74) is 0.137. The number of nitrogens with one attached hydrogen (secondary N) is 1. The maximum absolute atomic E-state index is 14.0. The summed E-state index contributed by atoms with van der Waals surface area (Å²) in [5.74, 6) is 4.34. The van der Waals surface area contributed by atoms with Crippen molar-refractivity contribution in [1.29, 1.82) is 0 Å². The molecule has 202 valence electrons. The highest BCUT2D eigenvalue weighted by atomic mass is 16.5. The van der Waals surface area contributed by atoms with E-state index in [1.807, 2.05) is 31.6 Å². The van der Waals surface area contributed by atoms with E-state index in [-0.39, 0.29) is 16.7 Å². The number of aromatic nitrogens is 2. The smallest absolute Gasteiger partial charge is 0.232 e. The molecule has 0 saturated heterocycles. The minimum atomic E-state index is -0.628. The summed E-state index contributed by atoms with van der Waals surface area (Å²) in [7, 11) is 1.93. The van der Waals surface area contributed by atoms with E-state index in [0.717, 1.165) is 68.4 Å². The van der Waals surface area contributed by atoms with E-state index in [4.69, 9.17) is 4.74 Å². The Bertz CT molecular complexity index is 942. The third-order valence-electron chi connectivity index (χ3n) is 11.7. The van der Waals surface area contributed by atoms with Crippen LogP contribution in [-0.4, -0.2) is 39.6 Å². The molecule has 4 saturated carbocycles. The Morgan fingerprint density at radius 1 is 1.14 bits per heavy atom. The quantitative estimate of drug-likeness (QED) is 0.513. The van der Waals surface area contributed by atoms with E-state index in [1.165, 1.54) is 25.7 Å². The lowest BCUT2D eigenvalue weighted by atomic mass is 9.40. The van der Waals surface area contributed by atoms with E-state index in [1.54, 1.807) is 0 Å². The summed E-state index contributed by atoms with van der Waals surface area (Å²) < 4.78 is 7.50. The number of fused-ring (bicyclic) bond motifs is 5. The lowest BCUT2D eigenvalue weighted by molar-refractivity contribution is -0.174. The molecule has 4 aliphatic rings. The minimum absolute atomic E-state index is 0.0340. The molecule has 1 aromatic heterocycles. The molecule has 4 aliphatic carbocycles. The predicted molar refractivity (Wildman–Crippen MR) is 142 cm³/mol. The Labute approximate surface area is 217 Å². The molecule has 36 heavy (non-hydrogen) atoms. The number of carbonyl (C=O) groups excluding carboxylic acids is 1. The van der Waals surface area contributed by atoms with Crippen molar-refractivity contribution in [2.75, 3.05) is 18.5 Å². The summed E-state index contributed by atoms with van der Waals surface area (Å²) in [6, 6.07) is 1.98. The van der Waals surface area contributed by atoms with Crippen molar-refractivity contribution in [3.63, 3.8) is 0 Å². The van der Waals surface area contributed by atoms with Gasteiger partial charge in [-0.2, -0.15) is 5.10 Å². The number of rotatable bonds is 6. The van der Waals surface area contributed by atoms with Crippen molar-refractivity contribution in [2.24, 2.45) is 47.5 Å². The number of amides is 1. The van der Waals surface area contributed by atoms with Gasteiger partial charge in [-0.15, -0.1) is 0 Å². The van der Waals surface area contributed by atoms with Crippen molar-refractivity contribution in [3.8, 4) is 0 Å². The topological polar surface area (TPSA) is 76.4 Å². The van der Waals surface area contributed by atoms with Gasteiger partial charge in [-0.05, 0) is 113 Å². The number of carbonyl (C=O) groups is 1. The average molecular weight is 500 g/mol. The van der Waals surface area contributed by atoms with Gasteiger partial charge in [-0.1, -0.05) is 20.3 Å². The monoisotopic (exact) mass is 499 g/mol. The number of hydrogen-bond acceptors (Lipinski definition) is 4. The molecule has 6 heteroatoms. The standard InChI is InChI=1S/C30H49N3O3/c1-6-30(27(34)31-26-17-20(3)33(5)32-26)14-8-9-25-24-11-10-21-18-29(35,19-36-7-2)16-13-22(21)23(24)12-15-28(25,30)4/h17,21-25,35H,6-16,18-19H2,1-5H3,(H,31,32,34)/t21-,22+,23+,24+,25+,28+,29-,30?/m1/s1. The van der Waals surface area contributed by atoms with Crippen LogP contribution in [-0.2, 0) is 16.6 Å². The van der Waals surface area contributed by atoms with Crippen LogP contribution in [0.1, 0.15) is 97.1 Å². The zero-order chi connectivity index (χ0) is 25.7. The zero-order valence-electron chi connectivity index (χ0n) is 23.3. The van der Waals surface area contributed by atoms with Crippen LogP contribution in [0.5, 0.6) is 0 Å². The van der Waals surface area contributed by atoms with Crippen molar-refractivity contribution in [2.45, 2.75) is 104 Å². The molecule has 1 amide bonds. The third kappa shape index (κ3) is 4.15. The number of aliphatic hydroxyl groups is 1. The molecule has 1 aromatic rings. The van der Waals surface area contributed by atoms with Gasteiger partial charge in [0.1, 0.15) is 0 Å². The first-order chi connectivity index (χ1) is 17.2. The fraction of sp³-hybridized carbons (Fsp3) is 0.867. The predicted octanol–water partition coefficient (Wildman–Crippen LogP) is 5.87. The van der Waals surface area contributed by atoms with Crippen LogP contribution in [0.2, 0.25) is 0 Å². The van der Waals surface area contributed by atoms with E-state index in [0.29, 0.717) is 30.9 Å². The van der Waals surface area contributed by atoms with Gasteiger partial charge in [-0.3, -0.25) is 9.48 Å². The highest BCUT2D eigenvalue weighted by Crippen LogP contribution is 2.67. The van der Waals surface area contributed by atoms with Crippen LogP contribution < -0.4 is 5.32 Å². The molecule has 0 spiro atoms. The third-order valence-corrected chi connectivity index (χ3v) is 11.7. The maximum atomic E-state index is 14.0. The molecule has 0 radical (unpaired) electrons. The van der Waals surface area contributed by atoms with Gasteiger partial charge in [0.25, 0.3) is 0 Å². The maximum Gasteiger partial charge on any atom is 0.232 e. The lowest BCUT2D eigenvalue weighted by Crippen LogP contribution is -2.60. The molecule has 5 rings (SSSR count). The molecule has 8 atom stereocenters. The summed E-state index contributed by atoms with van der Waals surface area (Å²) in [4.78, 5) is 14.0. The van der Waals surface area contributed by atoms with Gasteiger partial charge in [0.2, 0.25) is 5.91 Å². The van der Waals surface area contributed by atoms with Crippen LogP contribution in [0.4, 0.5) is 5.82 Å². The number of ether oxygens (including phenoxy) is 1. The van der Waals surface area contributed by atoms with Crippen LogP contribution in [0, 0.1) is 47.3 Å². The van der Waals surface area contributed by atoms with E-state index >= 15 is 0 Å². The van der Waals surface area contributed by atoms with Crippen molar-refractivity contribution >= 4 is 11.7 Å². The molecule has 4 fully saturated rings. The first-order valence-electron chi connectivity index (χ1n) is 14.8. The first-order valence-corrected chi connectivity index (χ1v) is 14.8. The molecule has 1 unspecified atom stereocenters. The summed E-state index contributed by atoms with van der Waals surface area (Å²) in [5, 5.41) is 19.0. The van der Waals surface area contributed by atoms with Crippen molar-refractivity contribution in [1.82, 2.24) is 9.78 Å². The summed E-state index contributed by atoms with van der Waals surface area (Å²) >= 11 is 0. The second-order valence-electron chi connectivity index (χ2n) is 13.1. The molecule has 1 heterocycles. The lowest BCUT2D eigenvalue weighted by Gasteiger charge is -2.64. The van der Waals surface area contributed by atoms with Gasteiger partial charge in [0.15, 0.2) is 5.82 Å².